The SMILES string of the molecule is CCCOc1ccc(C2C(=C(O)c3ccc(S(=O)(=O)N(C)C)cc3)C(=O)C(=O)N2Cc2cccnc2)cc1. The third kappa shape index (κ3) is 5.32. The molecule has 1 fully saturated rings. The van der Waals surface area contributed by atoms with E-state index in [0.29, 0.717) is 17.9 Å². The molecule has 1 saturated heterocycles. The van der Waals surface area contributed by atoms with Crippen LogP contribution in [0.1, 0.15) is 36.1 Å². The number of likely N-dealkylation sites (tertiary alicyclic amines) is 1. The van der Waals surface area contributed by atoms with Crippen LogP contribution in [0.15, 0.2) is 83.5 Å². The number of aliphatic hydroxyl groups is 1. The third-order valence-electron chi connectivity index (χ3n) is 6.19. The van der Waals surface area contributed by atoms with E-state index < -0.39 is 27.8 Å². The minimum atomic E-state index is -3.68. The van der Waals surface area contributed by atoms with Crippen LogP contribution in [0.4, 0.5) is 0 Å². The maximum atomic E-state index is 13.3. The number of pyridine rings is 1. The number of Topliss-reactive ketones (excluding diaryl/α,β-unsaturated/α-hetero) is 1. The lowest BCUT2D eigenvalue weighted by Crippen LogP contribution is -2.29. The Labute approximate surface area is 222 Å². The Kier molecular flexibility index (Phi) is 7.94. The van der Waals surface area contributed by atoms with Crippen molar-refractivity contribution in [2.75, 3.05) is 20.7 Å². The van der Waals surface area contributed by atoms with E-state index in [1.165, 1.54) is 43.3 Å². The van der Waals surface area contributed by atoms with Gasteiger partial charge >= 0.3 is 0 Å². The highest BCUT2D eigenvalue weighted by Crippen LogP contribution is 2.40. The number of nitrogens with zero attached hydrogens (tertiary/aromatic N) is 3. The second-order valence-electron chi connectivity index (χ2n) is 9.02. The second kappa shape index (κ2) is 11.2. The molecule has 198 valence electrons. The summed E-state index contributed by atoms with van der Waals surface area (Å²) in [6.45, 7) is 2.66. The van der Waals surface area contributed by atoms with Crippen LogP contribution in [0.25, 0.3) is 5.76 Å². The highest BCUT2D eigenvalue weighted by atomic mass is 32.2. The first-order valence-corrected chi connectivity index (χ1v) is 13.5. The highest BCUT2D eigenvalue weighted by molar-refractivity contribution is 7.89. The summed E-state index contributed by atoms with van der Waals surface area (Å²) in [6.07, 6.45) is 4.08. The summed E-state index contributed by atoms with van der Waals surface area (Å²) in [5, 5.41) is 11.3. The monoisotopic (exact) mass is 535 g/mol. The van der Waals surface area contributed by atoms with Gasteiger partial charge in [-0.25, -0.2) is 12.7 Å². The van der Waals surface area contributed by atoms with Crippen molar-refractivity contribution in [3.8, 4) is 5.75 Å². The molecule has 10 heteroatoms. The first-order valence-electron chi connectivity index (χ1n) is 12.1. The first kappa shape index (κ1) is 27.0. The zero-order valence-electron chi connectivity index (χ0n) is 21.4. The lowest BCUT2D eigenvalue weighted by Gasteiger charge is -2.25. The van der Waals surface area contributed by atoms with Crippen LogP contribution in [0.2, 0.25) is 0 Å². The zero-order valence-corrected chi connectivity index (χ0v) is 22.2. The Morgan fingerprint density at radius 2 is 1.74 bits per heavy atom. The maximum Gasteiger partial charge on any atom is 0.295 e. The minimum absolute atomic E-state index is 0.0373. The van der Waals surface area contributed by atoms with Crippen LogP contribution in [0.5, 0.6) is 5.75 Å². The van der Waals surface area contributed by atoms with E-state index in [9.17, 15) is 23.1 Å². The third-order valence-corrected chi connectivity index (χ3v) is 8.02. The topological polar surface area (TPSA) is 117 Å². The summed E-state index contributed by atoms with van der Waals surface area (Å²) in [5.41, 5.74) is 1.48. The Morgan fingerprint density at radius 1 is 1.05 bits per heavy atom. The number of sulfonamides is 1. The molecule has 1 unspecified atom stereocenters. The van der Waals surface area contributed by atoms with Crippen LogP contribution in [0.3, 0.4) is 0 Å². The van der Waals surface area contributed by atoms with E-state index >= 15 is 0 Å². The van der Waals surface area contributed by atoms with Gasteiger partial charge in [0.2, 0.25) is 10.0 Å². The Hall–Kier alpha value is -4.02. The molecule has 0 radical (unpaired) electrons. The molecular weight excluding hydrogens is 506 g/mol. The van der Waals surface area contributed by atoms with Crippen molar-refractivity contribution < 1.29 is 27.9 Å². The molecule has 0 saturated carbocycles. The number of aromatic nitrogens is 1. The largest absolute Gasteiger partial charge is 0.507 e. The van der Waals surface area contributed by atoms with Crippen LogP contribution >= 0.6 is 0 Å². The quantitative estimate of drug-likeness (QED) is 0.252. The molecule has 3 aromatic rings. The summed E-state index contributed by atoms with van der Waals surface area (Å²) in [4.78, 5) is 32.0. The van der Waals surface area contributed by atoms with Gasteiger partial charge in [-0.15, -0.1) is 0 Å². The van der Waals surface area contributed by atoms with Crippen LogP contribution in [-0.2, 0) is 26.2 Å². The molecule has 9 nitrogen and oxygen atoms in total. The van der Waals surface area contributed by atoms with Gasteiger partial charge in [-0.2, -0.15) is 0 Å². The van der Waals surface area contributed by atoms with E-state index in [1.807, 2.05) is 6.92 Å². The maximum absolute atomic E-state index is 13.3. The van der Waals surface area contributed by atoms with Gasteiger partial charge < -0.3 is 14.7 Å². The smallest absolute Gasteiger partial charge is 0.295 e. The molecule has 1 aromatic heterocycles. The first-order chi connectivity index (χ1) is 18.1. The fourth-order valence-electron chi connectivity index (χ4n) is 4.20. The van der Waals surface area contributed by atoms with Crippen molar-refractivity contribution in [1.82, 2.24) is 14.2 Å². The molecule has 2 aromatic carbocycles. The summed E-state index contributed by atoms with van der Waals surface area (Å²) >= 11 is 0. The van der Waals surface area contributed by atoms with Crippen LogP contribution in [0, 0.1) is 0 Å². The van der Waals surface area contributed by atoms with Gasteiger partial charge in [-0.05, 0) is 60.0 Å². The standard InChI is InChI=1S/C28H29N3O6S/c1-4-16-37-22-11-7-20(8-12-22)25-24(27(33)28(34)31(25)18-19-6-5-15-29-17-19)26(32)21-9-13-23(14-10-21)38(35,36)30(2)3/h5-15,17,25,32H,4,16,18H2,1-3H3. The second-order valence-corrected chi connectivity index (χ2v) is 11.2. The van der Waals surface area contributed by atoms with Crippen LogP contribution < -0.4 is 4.74 Å². The minimum Gasteiger partial charge on any atom is -0.507 e. The predicted molar refractivity (Wildman–Crippen MR) is 142 cm³/mol. The summed E-state index contributed by atoms with van der Waals surface area (Å²) in [7, 11) is -0.833. The summed E-state index contributed by atoms with van der Waals surface area (Å²) in [5.74, 6) is -1.31. The predicted octanol–water partition coefficient (Wildman–Crippen LogP) is 3.74. The highest BCUT2D eigenvalue weighted by Gasteiger charge is 2.46. The van der Waals surface area contributed by atoms with Gasteiger partial charge in [0, 0.05) is 38.6 Å². The number of carbonyl (C=O) groups excluding carboxylic acids is 2. The van der Waals surface area contributed by atoms with Gasteiger partial charge in [-0.3, -0.25) is 14.6 Å². The lowest BCUT2D eigenvalue weighted by molar-refractivity contribution is -0.140. The van der Waals surface area contributed by atoms with Crippen molar-refractivity contribution in [3.63, 3.8) is 0 Å². The van der Waals surface area contributed by atoms with Gasteiger partial charge in [0.25, 0.3) is 11.7 Å². The summed E-state index contributed by atoms with van der Waals surface area (Å²) in [6, 6.07) is 15.2. The Balaban J connectivity index is 1.79. The van der Waals surface area contributed by atoms with Gasteiger partial charge in [0.1, 0.15) is 11.5 Å². The van der Waals surface area contributed by atoms with Crippen molar-refractivity contribution in [1.29, 1.82) is 0 Å². The van der Waals surface area contributed by atoms with E-state index in [4.69, 9.17) is 4.74 Å². The van der Waals surface area contributed by atoms with E-state index in [0.717, 1.165) is 16.3 Å². The van der Waals surface area contributed by atoms with Gasteiger partial charge in [0.05, 0.1) is 23.1 Å². The summed E-state index contributed by atoms with van der Waals surface area (Å²) < 4.78 is 31.6. The number of ether oxygens (including phenoxy) is 1. The van der Waals surface area contributed by atoms with Crippen molar-refractivity contribution in [2.24, 2.45) is 0 Å². The number of ketones is 1. The van der Waals surface area contributed by atoms with Crippen LogP contribution in [-0.4, -0.2) is 60.1 Å². The fourth-order valence-corrected chi connectivity index (χ4v) is 5.10. The van der Waals surface area contributed by atoms with Crippen molar-refractivity contribution >= 4 is 27.5 Å². The average Bonchev–Trinajstić information content (AvgIpc) is 3.17. The Bertz CT molecular complexity index is 1450. The molecule has 1 atom stereocenters. The molecule has 4 rings (SSSR count). The average molecular weight is 536 g/mol. The van der Waals surface area contributed by atoms with Gasteiger partial charge in [0.15, 0.2) is 0 Å². The number of aliphatic hydroxyl groups excluding tert-OH is 1. The van der Waals surface area contributed by atoms with Gasteiger partial charge in [-0.1, -0.05) is 25.1 Å². The fraction of sp³-hybridized carbons (Fsp3) is 0.250. The molecule has 0 bridgehead atoms. The number of rotatable bonds is 9. The molecule has 1 aliphatic rings. The molecule has 2 heterocycles. The van der Waals surface area contributed by atoms with E-state index in [2.05, 4.69) is 4.98 Å². The molecule has 38 heavy (non-hydrogen) atoms. The molecular formula is C28H29N3O6S. The number of amides is 1. The normalized spacial score (nSPS) is 17.3. The molecule has 1 aliphatic heterocycles. The number of hydrogen-bond acceptors (Lipinski definition) is 7. The molecule has 0 spiro atoms. The number of hydrogen-bond donors (Lipinski definition) is 1. The lowest BCUT2D eigenvalue weighted by atomic mass is 9.95. The molecule has 1 N–H and O–H groups in total. The van der Waals surface area contributed by atoms with Crippen molar-refractivity contribution in [2.45, 2.75) is 30.8 Å². The van der Waals surface area contributed by atoms with E-state index in [1.54, 1.807) is 48.8 Å². The molecule has 0 aliphatic carbocycles. The number of benzene rings is 2. The number of carbonyl (C=O) groups is 2. The van der Waals surface area contributed by atoms with E-state index in [-0.39, 0.29) is 28.3 Å². The Morgan fingerprint density at radius 3 is 2.32 bits per heavy atom. The van der Waals surface area contributed by atoms with Crippen molar-refractivity contribution in [3.05, 3.63) is 95.3 Å². The molecule has 1 amide bonds. The zero-order chi connectivity index (χ0) is 27.4.